The minimum atomic E-state index is -0.300. The molecule has 0 spiro atoms. The largest absolute Gasteiger partial charge is 0.372 e. The Hall–Kier alpha value is -2.23. The zero-order valence-corrected chi connectivity index (χ0v) is 14.1. The maximum absolute atomic E-state index is 13.9. The molecule has 24 heavy (non-hydrogen) atoms. The summed E-state index contributed by atoms with van der Waals surface area (Å²) < 4.78 is 21.7. The number of aromatic nitrogens is 2. The first-order valence-corrected chi connectivity index (χ1v) is 8.05. The van der Waals surface area contributed by atoms with Crippen LogP contribution in [0.5, 0.6) is 0 Å². The third-order valence-corrected chi connectivity index (χ3v) is 4.67. The summed E-state index contributed by atoms with van der Waals surface area (Å²) in [5.41, 5.74) is 4.12. The Bertz CT molecular complexity index is 793. The highest BCUT2D eigenvalue weighted by atomic mass is 19.1. The average Bonchev–Trinajstić information content (AvgIpc) is 3.11. The number of benzene rings is 1. The smallest absolute Gasteiger partial charge is 0.127 e. The number of hydrogen-bond acceptors (Lipinski definition) is 4. The van der Waals surface area contributed by atoms with Crippen LogP contribution in [0.3, 0.4) is 0 Å². The van der Waals surface area contributed by atoms with Gasteiger partial charge in [0, 0.05) is 43.1 Å². The average molecular weight is 328 g/mol. The monoisotopic (exact) mass is 328 g/mol. The van der Waals surface area contributed by atoms with Gasteiger partial charge >= 0.3 is 0 Å². The molecule has 1 aromatic carbocycles. The molecule has 6 heteroatoms. The van der Waals surface area contributed by atoms with Crippen LogP contribution in [0, 0.1) is 31.0 Å². The van der Waals surface area contributed by atoms with Gasteiger partial charge in [-0.2, -0.15) is 10.4 Å². The summed E-state index contributed by atoms with van der Waals surface area (Å²) in [6.45, 7) is 5.04. The molecule has 0 aliphatic carbocycles. The van der Waals surface area contributed by atoms with Crippen LogP contribution in [0.25, 0.3) is 0 Å². The molecule has 2 aromatic rings. The molecule has 0 amide bonds. The first-order valence-electron chi connectivity index (χ1n) is 8.05. The summed E-state index contributed by atoms with van der Waals surface area (Å²) in [6.07, 6.45) is 0.777. The lowest BCUT2D eigenvalue weighted by atomic mass is 10.00. The van der Waals surface area contributed by atoms with E-state index in [4.69, 9.17) is 10.00 Å². The summed E-state index contributed by atoms with van der Waals surface area (Å²) >= 11 is 0. The van der Waals surface area contributed by atoms with Crippen molar-refractivity contribution in [3.05, 3.63) is 52.1 Å². The molecule has 1 saturated heterocycles. The number of nitrogens with one attached hydrogen (secondary N) is 1. The zero-order chi connectivity index (χ0) is 17.3. The lowest BCUT2D eigenvalue weighted by Gasteiger charge is -2.21. The molecule has 3 rings (SSSR count). The molecule has 1 aromatic heterocycles. The molecule has 1 aliphatic heterocycles. The van der Waals surface area contributed by atoms with Gasteiger partial charge in [-0.15, -0.1) is 0 Å². The molecule has 126 valence electrons. The number of rotatable bonds is 4. The number of nitriles is 1. The highest BCUT2D eigenvalue weighted by molar-refractivity contribution is 5.34. The Morgan fingerprint density at radius 1 is 1.46 bits per heavy atom. The zero-order valence-electron chi connectivity index (χ0n) is 14.1. The second-order valence-corrected chi connectivity index (χ2v) is 6.19. The molecule has 0 radical (unpaired) electrons. The van der Waals surface area contributed by atoms with Crippen LogP contribution in [-0.4, -0.2) is 22.4 Å². The highest BCUT2D eigenvalue weighted by Crippen LogP contribution is 2.33. The van der Waals surface area contributed by atoms with Crippen LogP contribution in [0.2, 0.25) is 0 Å². The molecule has 0 saturated carbocycles. The molecular weight excluding hydrogens is 307 g/mol. The third kappa shape index (κ3) is 3.05. The maximum Gasteiger partial charge on any atom is 0.127 e. The third-order valence-electron chi connectivity index (χ3n) is 4.67. The molecule has 1 fully saturated rings. The van der Waals surface area contributed by atoms with E-state index in [1.807, 2.05) is 31.6 Å². The highest BCUT2D eigenvalue weighted by Gasteiger charge is 2.33. The summed E-state index contributed by atoms with van der Waals surface area (Å²) in [5.74, 6) is -0.300. The van der Waals surface area contributed by atoms with Gasteiger partial charge < -0.3 is 10.1 Å². The Morgan fingerprint density at radius 3 is 2.92 bits per heavy atom. The van der Waals surface area contributed by atoms with Gasteiger partial charge in [-0.25, -0.2) is 4.39 Å². The Morgan fingerprint density at radius 2 is 2.25 bits per heavy atom. The van der Waals surface area contributed by atoms with Gasteiger partial charge in [0.1, 0.15) is 11.9 Å². The van der Waals surface area contributed by atoms with Gasteiger partial charge in [0.05, 0.1) is 17.3 Å². The lowest BCUT2D eigenvalue weighted by Crippen LogP contribution is -2.32. The van der Waals surface area contributed by atoms with E-state index in [-0.39, 0.29) is 18.0 Å². The number of ether oxygens (including phenoxy) is 1. The fourth-order valence-electron chi connectivity index (χ4n) is 3.31. The van der Waals surface area contributed by atoms with Crippen molar-refractivity contribution in [2.24, 2.45) is 7.05 Å². The van der Waals surface area contributed by atoms with Crippen molar-refractivity contribution >= 4 is 0 Å². The molecule has 0 unspecified atom stereocenters. The van der Waals surface area contributed by atoms with Crippen molar-refractivity contribution in [1.82, 2.24) is 15.1 Å². The van der Waals surface area contributed by atoms with E-state index in [0.29, 0.717) is 24.3 Å². The van der Waals surface area contributed by atoms with E-state index in [1.54, 1.807) is 6.07 Å². The minimum absolute atomic E-state index is 0.0825. The van der Waals surface area contributed by atoms with E-state index in [2.05, 4.69) is 10.4 Å². The Labute approximate surface area is 141 Å². The van der Waals surface area contributed by atoms with Crippen LogP contribution in [0.1, 0.15) is 40.6 Å². The minimum Gasteiger partial charge on any atom is -0.372 e. The Kier molecular flexibility index (Phi) is 4.65. The molecule has 5 nitrogen and oxygen atoms in total. The number of halogens is 1. The molecule has 2 heterocycles. The number of aryl methyl sites for hydroxylation is 2. The summed E-state index contributed by atoms with van der Waals surface area (Å²) in [6, 6.07) is 6.56. The maximum atomic E-state index is 13.9. The number of nitrogens with zero attached hydrogens (tertiary/aromatic N) is 3. The fraction of sp³-hybridized carbons (Fsp3) is 0.444. The van der Waals surface area contributed by atoms with Gasteiger partial charge in [0.25, 0.3) is 0 Å². The van der Waals surface area contributed by atoms with Crippen molar-refractivity contribution in [3.8, 4) is 6.07 Å². The molecule has 1 N–H and O–H groups in total. The topological polar surface area (TPSA) is 62.9 Å². The van der Waals surface area contributed by atoms with Gasteiger partial charge in [-0.05, 0) is 38.5 Å². The molecular formula is C18H21FN4O. The van der Waals surface area contributed by atoms with Gasteiger partial charge in [0.2, 0.25) is 0 Å². The summed E-state index contributed by atoms with van der Waals surface area (Å²) in [5, 5.41) is 16.8. The second kappa shape index (κ2) is 6.71. The van der Waals surface area contributed by atoms with Crippen LogP contribution >= 0.6 is 0 Å². The van der Waals surface area contributed by atoms with E-state index in [9.17, 15) is 4.39 Å². The summed E-state index contributed by atoms with van der Waals surface area (Å²) in [4.78, 5) is 0. The van der Waals surface area contributed by atoms with Gasteiger partial charge in [-0.3, -0.25) is 4.68 Å². The van der Waals surface area contributed by atoms with E-state index >= 15 is 0 Å². The molecule has 0 bridgehead atoms. The van der Waals surface area contributed by atoms with Crippen molar-refractivity contribution < 1.29 is 9.13 Å². The quantitative estimate of drug-likeness (QED) is 0.937. The molecule has 1 aliphatic rings. The van der Waals surface area contributed by atoms with Crippen molar-refractivity contribution in [1.29, 1.82) is 5.26 Å². The standard InChI is InChI=1S/C18H21FN4O/c1-11-17(12(2)23(3)22-11)18-16(6-7-24-18)21-10-14-8-13(9-20)4-5-15(14)19/h4-5,8,16,18,21H,6-7,10H2,1-3H3/t16-,18-/m0/s1. The SMILES string of the molecule is Cc1nn(C)c(C)c1[C@H]1OCC[C@@H]1NCc1cc(C#N)ccc1F. The van der Waals surface area contributed by atoms with Gasteiger partial charge in [-0.1, -0.05) is 0 Å². The first-order chi connectivity index (χ1) is 11.5. The van der Waals surface area contributed by atoms with Crippen molar-refractivity contribution in [2.75, 3.05) is 6.61 Å². The van der Waals surface area contributed by atoms with Crippen LogP contribution < -0.4 is 5.32 Å². The molecule has 2 atom stereocenters. The second-order valence-electron chi connectivity index (χ2n) is 6.19. The normalized spacial score (nSPS) is 20.3. The predicted octanol–water partition coefficient (Wildman–Crippen LogP) is 2.67. The predicted molar refractivity (Wildman–Crippen MR) is 87.7 cm³/mol. The van der Waals surface area contributed by atoms with E-state index in [0.717, 1.165) is 23.4 Å². The Balaban J connectivity index is 1.77. The lowest BCUT2D eigenvalue weighted by molar-refractivity contribution is 0.0973. The summed E-state index contributed by atoms with van der Waals surface area (Å²) in [7, 11) is 1.92. The number of hydrogen-bond donors (Lipinski definition) is 1. The fourth-order valence-corrected chi connectivity index (χ4v) is 3.31. The van der Waals surface area contributed by atoms with Crippen molar-refractivity contribution in [3.63, 3.8) is 0 Å². The van der Waals surface area contributed by atoms with E-state index in [1.165, 1.54) is 12.1 Å². The van der Waals surface area contributed by atoms with Crippen LogP contribution in [0.15, 0.2) is 18.2 Å². The first kappa shape index (κ1) is 16.6. The van der Waals surface area contributed by atoms with Crippen LogP contribution in [-0.2, 0) is 18.3 Å². The van der Waals surface area contributed by atoms with Crippen LogP contribution in [0.4, 0.5) is 4.39 Å². The van der Waals surface area contributed by atoms with E-state index < -0.39 is 0 Å². The van der Waals surface area contributed by atoms with Crippen molar-refractivity contribution in [2.45, 2.75) is 39.0 Å². The van der Waals surface area contributed by atoms with Gasteiger partial charge in [0.15, 0.2) is 0 Å².